The average molecular weight is 272 g/mol. The van der Waals surface area contributed by atoms with Crippen molar-refractivity contribution in [3.8, 4) is 11.5 Å². The highest BCUT2D eigenvalue weighted by atomic mass is 16.5. The fourth-order valence-electron chi connectivity index (χ4n) is 2.14. The lowest BCUT2D eigenvalue weighted by atomic mass is 10.0. The van der Waals surface area contributed by atoms with Crippen molar-refractivity contribution < 1.29 is 14.6 Å². The van der Waals surface area contributed by atoms with Gasteiger partial charge in [0.15, 0.2) is 11.5 Å². The summed E-state index contributed by atoms with van der Waals surface area (Å²) in [5.41, 5.74) is 3.42. The third kappa shape index (κ3) is 3.52. The number of aryl methyl sites for hydroxylation is 2. The number of benzene rings is 2. The average Bonchev–Trinajstić information content (AvgIpc) is 2.53. The molecule has 0 spiro atoms. The van der Waals surface area contributed by atoms with Crippen LogP contribution in [0.4, 0.5) is 0 Å². The number of aliphatic hydroxyl groups excluding tert-OH is 1. The molecule has 0 radical (unpaired) electrons. The number of hydrogen-bond donors (Lipinski definition) is 1. The molecule has 0 aromatic heterocycles. The van der Waals surface area contributed by atoms with E-state index in [-0.39, 0.29) is 6.61 Å². The zero-order valence-electron chi connectivity index (χ0n) is 11.9. The van der Waals surface area contributed by atoms with E-state index in [9.17, 15) is 0 Å². The molecule has 1 N–H and O–H groups in total. The molecule has 0 heterocycles. The lowest BCUT2D eigenvalue weighted by Gasteiger charge is -2.09. The Bertz CT molecular complexity index is 547. The Labute approximate surface area is 119 Å². The first-order valence-corrected chi connectivity index (χ1v) is 6.66. The second-order valence-corrected chi connectivity index (χ2v) is 4.66. The van der Waals surface area contributed by atoms with Crippen molar-refractivity contribution in [3.05, 3.63) is 59.2 Å². The first-order valence-electron chi connectivity index (χ1n) is 6.66. The predicted molar refractivity (Wildman–Crippen MR) is 79.3 cm³/mol. The van der Waals surface area contributed by atoms with Crippen molar-refractivity contribution in [2.75, 3.05) is 14.2 Å². The minimum absolute atomic E-state index is 0.0932. The molecule has 0 atom stereocenters. The molecule has 0 unspecified atom stereocenters. The third-order valence-electron chi connectivity index (χ3n) is 3.36. The highest BCUT2D eigenvalue weighted by Crippen LogP contribution is 2.28. The van der Waals surface area contributed by atoms with E-state index in [0.717, 1.165) is 29.9 Å². The molecule has 0 aliphatic heterocycles. The fourth-order valence-corrected chi connectivity index (χ4v) is 2.14. The molecule has 0 aliphatic rings. The van der Waals surface area contributed by atoms with Crippen molar-refractivity contribution in [1.82, 2.24) is 0 Å². The van der Waals surface area contributed by atoms with E-state index >= 15 is 0 Å². The van der Waals surface area contributed by atoms with Crippen LogP contribution < -0.4 is 9.47 Å². The van der Waals surface area contributed by atoms with Crippen LogP contribution in [0.1, 0.15) is 16.7 Å². The Morgan fingerprint density at radius 3 is 1.90 bits per heavy atom. The Morgan fingerprint density at radius 2 is 1.30 bits per heavy atom. The smallest absolute Gasteiger partial charge is 0.160 e. The van der Waals surface area contributed by atoms with Gasteiger partial charge in [0, 0.05) is 0 Å². The first-order chi connectivity index (χ1) is 9.76. The van der Waals surface area contributed by atoms with Gasteiger partial charge in [-0.1, -0.05) is 30.3 Å². The monoisotopic (exact) mass is 272 g/mol. The van der Waals surface area contributed by atoms with Crippen molar-refractivity contribution in [2.24, 2.45) is 0 Å². The van der Waals surface area contributed by atoms with Crippen LogP contribution in [0.15, 0.2) is 42.5 Å². The molecule has 0 aliphatic carbocycles. The summed E-state index contributed by atoms with van der Waals surface area (Å²) in [7, 11) is 3.29. The Kier molecular flexibility index (Phi) is 5.02. The molecule has 3 nitrogen and oxygen atoms in total. The summed E-state index contributed by atoms with van der Waals surface area (Å²) in [4.78, 5) is 0. The molecule has 0 fully saturated rings. The highest BCUT2D eigenvalue weighted by Gasteiger charge is 2.04. The van der Waals surface area contributed by atoms with Gasteiger partial charge in [-0.15, -0.1) is 0 Å². The summed E-state index contributed by atoms with van der Waals surface area (Å²) in [5.74, 6) is 1.52. The van der Waals surface area contributed by atoms with E-state index in [4.69, 9.17) is 14.6 Å². The first kappa shape index (κ1) is 14.4. The van der Waals surface area contributed by atoms with E-state index < -0.39 is 0 Å². The summed E-state index contributed by atoms with van der Waals surface area (Å²) in [6, 6.07) is 14.1. The second kappa shape index (κ2) is 6.96. The van der Waals surface area contributed by atoms with Gasteiger partial charge in [-0.05, 0) is 41.7 Å². The molecule has 2 aromatic rings. The van der Waals surface area contributed by atoms with Crippen molar-refractivity contribution in [1.29, 1.82) is 0 Å². The zero-order valence-corrected chi connectivity index (χ0v) is 11.9. The molecule has 2 rings (SSSR count). The predicted octanol–water partition coefficient (Wildman–Crippen LogP) is 2.98. The molecule has 0 saturated heterocycles. The van der Waals surface area contributed by atoms with Crippen LogP contribution in [-0.4, -0.2) is 19.3 Å². The van der Waals surface area contributed by atoms with Crippen molar-refractivity contribution >= 4 is 0 Å². The second-order valence-electron chi connectivity index (χ2n) is 4.66. The van der Waals surface area contributed by atoms with Gasteiger partial charge in [0.1, 0.15) is 0 Å². The van der Waals surface area contributed by atoms with Crippen molar-refractivity contribution in [3.63, 3.8) is 0 Å². The topological polar surface area (TPSA) is 38.7 Å². The van der Waals surface area contributed by atoms with Gasteiger partial charge in [-0.25, -0.2) is 0 Å². The quantitative estimate of drug-likeness (QED) is 0.878. The number of rotatable bonds is 6. The maximum Gasteiger partial charge on any atom is 0.160 e. The molecule has 0 bridgehead atoms. The Balaban J connectivity index is 2.02. The van der Waals surface area contributed by atoms with E-state index in [1.807, 2.05) is 24.3 Å². The lowest BCUT2D eigenvalue weighted by Crippen LogP contribution is -1.95. The molecule has 0 saturated carbocycles. The summed E-state index contributed by atoms with van der Waals surface area (Å²) in [5, 5.41) is 9.02. The van der Waals surface area contributed by atoms with Crippen LogP contribution in [0.5, 0.6) is 11.5 Å². The van der Waals surface area contributed by atoms with E-state index in [0.29, 0.717) is 0 Å². The van der Waals surface area contributed by atoms with Gasteiger partial charge in [0.2, 0.25) is 0 Å². The molecular weight excluding hydrogens is 252 g/mol. The minimum Gasteiger partial charge on any atom is -0.493 e. The van der Waals surface area contributed by atoms with Crippen LogP contribution in [0, 0.1) is 0 Å². The van der Waals surface area contributed by atoms with E-state index in [1.165, 1.54) is 11.1 Å². The normalized spacial score (nSPS) is 10.3. The molecule has 106 valence electrons. The van der Waals surface area contributed by atoms with Gasteiger partial charge in [-0.2, -0.15) is 0 Å². The number of ether oxygens (including phenoxy) is 2. The van der Waals surface area contributed by atoms with Crippen LogP contribution in [0.25, 0.3) is 0 Å². The van der Waals surface area contributed by atoms with Gasteiger partial charge in [0.05, 0.1) is 20.8 Å². The maximum absolute atomic E-state index is 9.02. The summed E-state index contributed by atoms with van der Waals surface area (Å²) < 4.78 is 10.5. The molecule has 2 aromatic carbocycles. The summed E-state index contributed by atoms with van der Waals surface area (Å²) in [6.07, 6.45) is 1.90. The number of hydrogen-bond acceptors (Lipinski definition) is 3. The largest absolute Gasteiger partial charge is 0.493 e. The Morgan fingerprint density at radius 1 is 0.750 bits per heavy atom. The van der Waals surface area contributed by atoms with Crippen LogP contribution >= 0.6 is 0 Å². The summed E-state index contributed by atoms with van der Waals surface area (Å²) in [6.45, 7) is 0.0932. The molecule has 20 heavy (non-hydrogen) atoms. The maximum atomic E-state index is 9.02. The van der Waals surface area contributed by atoms with Crippen LogP contribution in [0.3, 0.4) is 0 Å². The fraction of sp³-hybridized carbons (Fsp3) is 0.294. The van der Waals surface area contributed by atoms with Gasteiger partial charge < -0.3 is 14.6 Å². The van der Waals surface area contributed by atoms with E-state index in [2.05, 4.69) is 18.2 Å². The van der Waals surface area contributed by atoms with Crippen LogP contribution in [0.2, 0.25) is 0 Å². The third-order valence-corrected chi connectivity index (χ3v) is 3.36. The lowest BCUT2D eigenvalue weighted by molar-refractivity contribution is 0.282. The number of methoxy groups -OCH3 is 2. The molecular formula is C17H20O3. The van der Waals surface area contributed by atoms with Crippen LogP contribution in [-0.2, 0) is 19.4 Å². The highest BCUT2D eigenvalue weighted by molar-refractivity contribution is 5.43. The molecule has 0 amide bonds. The summed E-state index contributed by atoms with van der Waals surface area (Å²) >= 11 is 0. The van der Waals surface area contributed by atoms with Gasteiger partial charge >= 0.3 is 0 Å². The molecule has 3 heteroatoms. The standard InChI is InChI=1S/C17H20O3/c1-19-16-10-9-14(11-17(16)20-2)6-3-13-4-7-15(12-18)8-5-13/h4-5,7-11,18H,3,6,12H2,1-2H3. The van der Waals surface area contributed by atoms with Gasteiger partial charge in [-0.3, -0.25) is 0 Å². The zero-order chi connectivity index (χ0) is 14.4. The van der Waals surface area contributed by atoms with E-state index in [1.54, 1.807) is 14.2 Å². The number of aliphatic hydroxyl groups is 1. The van der Waals surface area contributed by atoms with Crippen molar-refractivity contribution in [2.45, 2.75) is 19.4 Å². The van der Waals surface area contributed by atoms with Gasteiger partial charge in [0.25, 0.3) is 0 Å². The minimum atomic E-state index is 0.0932. The SMILES string of the molecule is COc1ccc(CCc2ccc(CO)cc2)cc1OC. The Hall–Kier alpha value is -2.00.